The van der Waals surface area contributed by atoms with E-state index in [0.29, 0.717) is 18.6 Å². The summed E-state index contributed by atoms with van der Waals surface area (Å²) in [6.07, 6.45) is 1.05. The standard InChI is InChI=1S/C15H16N2O4/c16-9-11-5-3-10(4-6-11)8-12(15(19)20)17-14(18)13-2-1-7-21-13/h3-6,12-13H,1-2,7-8H2,(H,17,18)(H,19,20)/t12-,13+/m1/s1. The van der Waals surface area contributed by atoms with E-state index < -0.39 is 18.1 Å². The van der Waals surface area contributed by atoms with Crippen LogP contribution in [0.2, 0.25) is 0 Å². The van der Waals surface area contributed by atoms with Crippen LogP contribution < -0.4 is 5.32 Å². The summed E-state index contributed by atoms with van der Waals surface area (Å²) >= 11 is 0. The summed E-state index contributed by atoms with van der Waals surface area (Å²) in [4.78, 5) is 23.2. The molecule has 21 heavy (non-hydrogen) atoms. The molecule has 0 aromatic heterocycles. The van der Waals surface area contributed by atoms with E-state index in [9.17, 15) is 14.7 Å². The number of hydrogen-bond acceptors (Lipinski definition) is 4. The second-order valence-corrected chi connectivity index (χ2v) is 4.91. The number of benzene rings is 1. The van der Waals surface area contributed by atoms with Gasteiger partial charge in [-0.15, -0.1) is 0 Å². The molecule has 2 rings (SSSR count). The van der Waals surface area contributed by atoms with Crippen LogP contribution in [0.3, 0.4) is 0 Å². The van der Waals surface area contributed by atoms with E-state index in [4.69, 9.17) is 10.00 Å². The Labute approximate surface area is 122 Å². The molecule has 0 unspecified atom stereocenters. The first-order valence-electron chi connectivity index (χ1n) is 6.74. The Morgan fingerprint density at radius 2 is 2.14 bits per heavy atom. The van der Waals surface area contributed by atoms with Crippen molar-refractivity contribution in [2.75, 3.05) is 6.61 Å². The summed E-state index contributed by atoms with van der Waals surface area (Å²) in [5.74, 6) is -1.47. The molecule has 1 aliphatic rings. The highest BCUT2D eigenvalue weighted by atomic mass is 16.5. The molecular formula is C15H16N2O4. The van der Waals surface area contributed by atoms with Crippen LogP contribution >= 0.6 is 0 Å². The van der Waals surface area contributed by atoms with E-state index in [2.05, 4.69) is 5.32 Å². The van der Waals surface area contributed by atoms with E-state index in [1.165, 1.54) is 0 Å². The number of ether oxygens (including phenoxy) is 1. The second kappa shape index (κ2) is 6.86. The fourth-order valence-corrected chi connectivity index (χ4v) is 2.20. The van der Waals surface area contributed by atoms with Gasteiger partial charge in [-0.1, -0.05) is 12.1 Å². The number of carbonyl (C=O) groups is 2. The number of nitrogens with zero attached hydrogens (tertiary/aromatic N) is 1. The Bertz CT molecular complexity index is 556. The number of nitriles is 1. The molecule has 0 saturated carbocycles. The normalized spacial score (nSPS) is 18.7. The lowest BCUT2D eigenvalue weighted by Gasteiger charge is -2.17. The second-order valence-electron chi connectivity index (χ2n) is 4.91. The van der Waals surface area contributed by atoms with Gasteiger partial charge in [-0.3, -0.25) is 4.79 Å². The van der Waals surface area contributed by atoms with Gasteiger partial charge in [0, 0.05) is 13.0 Å². The quantitative estimate of drug-likeness (QED) is 0.836. The molecule has 1 fully saturated rings. The lowest BCUT2D eigenvalue weighted by molar-refractivity contribution is -0.143. The fourth-order valence-electron chi connectivity index (χ4n) is 2.20. The molecule has 6 heteroatoms. The number of rotatable bonds is 5. The SMILES string of the molecule is N#Cc1ccc(C[C@@H](NC(=O)[C@@H]2CCCO2)C(=O)O)cc1. The van der Waals surface area contributed by atoms with Gasteiger partial charge in [0.2, 0.25) is 5.91 Å². The van der Waals surface area contributed by atoms with Gasteiger partial charge in [0.1, 0.15) is 12.1 Å². The van der Waals surface area contributed by atoms with Gasteiger partial charge in [-0.05, 0) is 30.5 Å². The van der Waals surface area contributed by atoms with Crippen LogP contribution in [0, 0.1) is 11.3 Å². The minimum atomic E-state index is -1.09. The predicted molar refractivity (Wildman–Crippen MR) is 73.4 cm³/mol. The van der Waals surface area contributed by atoms with Crippen LogP contribution in [0.5, 0.6) is 0 Å². The first kappa shape index (κ1) is 15.0. The number of hydrogen-bond donors (Lipinski definition) is 2. The number of aliphatic carboxylic acids is 1. The predicted octanol–water partition coefficient (Wildman–Crippen LogP) is 0.849. The minimum Gasteiger partial charge on any atom is -0.480 e. The van der Waals surface area contributed by atoms with E-state index in [0.717, 1.165) is 12.0 Å². The van der Waals surface area contributed by atoms with Crippen LogP contribution in [0.4, 0.5) is 0 Å². The molecular weight excluding hydrogens is 272 g/mol. The number of nitrogens with one attached hydrogen (secondary N) is 1. The van der Waals surface area contributed by atoms with Crippen molar-refractivity contribution in [1.82, 2.24) is 5.32 Å². The van der Waals surface area contributed by atoms with Gasteiger partial charge in [0.15, 0.2) is 0 Å². The summed E-state index contributed by atoms with van der Waals surface area (Å²) < 4.78 is 5.23. The Kier molecular flexibility index (Phi) is 4.90. The summed E-state index contributed by atoms with van der Waals surface area (Å²) in [7, 11) is 0. The third-order valence-corrected chi connectivity index (χ3v) is 3.36. The van der Waals surface area contributed by atoms with Gasteiger partial charge < -0.3 is 15.2 Å². The van der Waals surface area contributed by atoms with Crippen LogP contribution in [0.25, 0.3) is 0 Å². The van der Waals surface area contributed by atoms with Crippen molar-refractivity contribution in [3.8, 4) is 6.07 Å². The Morgan fingerprint density at radius 3 is 2.67 bits per heavy atom. The maximum Gasteiger partial charge on any atom is 0.326 e. The van der Waals surface area contributed by atoms with Crippen molar-refractivity contribution in [3.63, 3.8) is 0 Å². The molecule has 1 heterocycles. The first-order chi connectivity index (χ1) is 10.1. The Balaban J connectivity index is 1.99. The average Bonchev–Trinajstić information content (AvgIpc) is 3.01. The molecule has 2 atom stereocenters. The van der Waals surface area contributed by atoms with E-state index in [-0.39, 0.29) is 12.3 Å². The minimum absolute atomic E-state index is 0.166. The van der Waals surface area contributed by atoms with Crippen molar-refractivity contribution in [2.45, 2.75) is 31.4 Å². The summed E-state index contributed by atoms with van der Waals surface area (Å²) in [6, 6.07) is 7.61. The van der Waals surface area contributed by atoms with Crippen molar-refractivity contribution >= 4 is 11.9 Å². The van der Waals surface area contributed by atoms with Gasteiger partial charge in [-0.25, -0.2) is 4.79 Å². The Hall–Kier alpha value is -2.39. The molecule has 0 spiro atoms. The van der Waals surface area contributed by atoms with E-state index in [1.807, 2.05) is 6.07 Å². The van der Waals surface area contributed by atoms with Crippen LogP contribution in [0.1, 0.15) is 24.0 Å². The molecule has 0 bridgehead atoms. The smallest absolute Gasteiger partial charge is 0.326 e. The maximum atomic E-state index is 11.9. The molecule has 0 aliphatic carbocycles. The molecule has 6 nitrogen and oxygen atoms in total. The highest BCUT2D eigenvalue weighted by molar-refractivity contribution is 5.86. The van der Waals surface area contributed by atoms with E-state index in [1.54, 1.807) is 24.3 Å². The molecule has 110 valence electrons. The van der Waals surface area contributed by atoms with E-state index >= 15 is 0 Å². The zero-order chi connectivity index (χ0) is 15.2. The summed E-state index contributed by atoms with van der Waals surface area (Å²) in [5, 5.41) is 20.4. The highest BCUT2D eigenvalue weighted by Crippen LogP contribution is 2.13. The maximum absolute atomic E-state index is 11.9. The van der Waals surface area contributed by atoms with Gasteiger partial charge in [0.05, 0.1) is 11.6 Å². The first-order valence-corrected chi connectivity index (χ1v) is 6.74. The zero-order valence-corrected chi connectivity index (χ0v) is 11.4. The van der Waals surface area contributed by atoms with Crippen molar-refractivity contribution < 1.29 is 19.4 Å². The molecule has 2 N–H and O–H groups in total. The van der Waals surface area contributed by atoms with Crippen molar-refractivity contribution in [1.29, 1.82) is 5.26 Å². The topological polar surface area (TPSA) is 99.4 Å². The Morgan fingerprint density at radius 1 is 1.43 bits per heavy atom. The number of amides is 1. The molecule has 1 amide bonds. The zero-order valence-electron chi connectivity index (χ0n) is 11.4. The van der Waals surface area contributed by atoms with Crippen LogP contribution in [0.15, 0.2) is 24.3 Å². The van der Waals surface area contributed by atoms with Crippen LogP contribution in [-0.2, 0) is 20.7 Å². The average molecular weight is 288 g/mol. The van der Waals surface area contributed by atoms with Gasteiger partial charge in [-0.2, -0.15) is 5.26 Å². The summed E-state index contributed by atoms with van der Waals surface area (Å²) in [6.45, 7) is 0.533. The molecule has 1 aromatic rings. The number of carboxylic acids is 1. The van der Waals surface area contributed by atoms with Crippen molar-refractivity contribution in [2.24, 2.45) is 0 Å². The third kappa shape index (κ3) is 4.04. The third-order valence-electron chi connectivity index (χ3n) is 3.36. The van der Waals surface area contributed by atoms with Gasteiger partial charge >= 0.3 is 5.97 Å². The number of carbonyl (C=O) groups excluding carboxylic acids is 1. The van der Waals surface area contributed by atoms with Crippen LogP contribution in [-0.4, -0.2) is 35.7 Å². The summed E-state index contributed by atoms with van der Waals surface area (Å²) in [5.41, 5.74) is 1.25. The highest BCUT2D eigenvalue weighted by Gasteiger charge is 2.28. The fraction of sp³-hybridized carbons (Fsp3) is 0.400. The largest absolute Gasteiger partial charge is 0.480 e. The lowest BCUT2D eigenvalue weighted by Crippen LogP contribution is -2.46. The molecule has 0 radical (unpaired) electrons. The number of carboxylic acid groups (broad SMARTS) is 1. The van der Waals surface area contributed by atoms with Gasteiger partial charge in [0.25, 0.3) is 0 Å². The molecule has 1 aromatic carbocycles. The monoisotopic (exact) mass is 288 g/mol. The molecule has 1 saturated heterocycles. The van der Waals surface area contributed by atoms with Crippen molar-refractivity contribution in [3.05, 3.63) is 35.4 Å². The molecule has 1 aliphatic heterocycles. The lowest BCUT2D eigenvalue weighted by atomic mass is 10.0.